The molecule has 160 valence electrons. The van der Waals surface area contributed by atoms with E-state index >= 15 is 0 Å². The van der Waals surface area contributed by atoms with E-state index < -0.39 is 33.7 Å². The minimum absolute atomic E-state index is 0.0729. The molecular formula is C19H36O7S. The number of hydrogen-bond acceptors (Lipinski definition) is 6. The zero-order valence-corrected chi connectivity index (χ0v) is 17.6. The van der Waals surface area contributed by atoms with E-state index in [2.05, 4.69) is 13.8 Å². The van der Waals surface area contributed by atoms with Gasteiger partial charge in [-0.25, -0.2) is 0 Å². The van der Waals surface area contributed by atoms with Crippen LogP contribution >= 0.6 is 0 Å². The third kappa shape index (κ3) is 14.6. The molecule has 0 aliphatic rings. The van der Waals surface area contributed by atoms with Crippen LogP contribution in [0.1, 0.15) is 90.9 Å². The second-order valence-electron chi connectivity index (χ2n) is 6.78. The molecule has 0 aliphatic carbocycles. The van der Waals surface area contributed by atoms with Gasteiger partial charge in [0.15, 0.2) is 5.25 Å². The average molecular weight is 409 g/mol. The van der Waals surface area contributed by atoms with Gasteiger partial charge in [-0.15, -0.1) is 0 Å². The summed E-state index contributed by atoms with van der Waals surface area (Å²) in [5.74, 6) is -1.93. The summed E-state index contributed by atoms with van der Waals surface area (Å²) in [7, 11) is -4.73. The Morgan fingerprint density at radius 1 is 0.778 bits per heavy atom. The Morgan fingerprint density at radius 3 is 1.70 bits per heavy atom. The second kappa shape index (κ2) is 15.9. The summed E-state index contributed by atoms with van der Waals surface area (Å²) >= 11 is 0. The van der Waals surface area contributed by atoms with Crippen LogP contribution in [-0.2, 0) is 29.2 Å². The van der Waals surface area contributed by atoms with Gasteiger partial charge in [0.05, 0.1) is 19.6 Å². The normalized spacial score (nSPS) is 12.6. The molecule has 0 aliphatic heterocycles. The van der Waals surface area contributed by atoms with Crippen LogP contribution in [0.4, 0.5) is 0 Å². The van der Waals surface area contributed by atoms with Crippen molar-refractivity contribution in [3.63, 3.8) is 0 Å². The number of carbonyl (C=O) groups is 2. The molecule has 7 nitrogen and oxygen atoms in total. The molecule has 0 fully saturated rings. The summed E-state index contributed by atoms with van der Waals surface area (Å²) in [5, 5.41) is -1.93. The van der Waals surface area contributed by atoms with E-state index in [1.54, 1.807) is 0 Å². The lowest BCUT2D eigenvalue weighted by Crippen LogP contribution is -2.34. The van der Waals surface area contributed by atoms with Gasteiger partial charge in [0.2, 0.25) is 0 Å². The van der Waals surface area contributed by atoms with Crippen LogP contribution in [0.25, 0.3) is 0 Å². The molecule has 0 radical (unpaired) electrons. The molecule has 0 aromatic heterocycles. The van der Waals surface area contributed by atoms with Gasteiger partial charge in [0, 0.05) is 0 Å². The first-order valence-electron chi connectivity index (χ1n) is 10.1. The first kappa shape index (κ1) is 25.9. The Hall–Kier alpha value is -1.15. The van der Waals surface area contributed by atoms with Crippen molar-refractivity contribution in [2.75, 3.05) is 13.2 Å². The van der Waals surface area contributed by atoms with Gasteiger partial charge in [-0.1, -0.05) is 71.6 Å². The molecule has 0 saturated heterocycles. The fourth-order valence-electron chi connectivity index (χ4n) is 2.56. The van der Waals surface area contributed by atoms with Crippen LogP contribution in [-0.4, -0.2) is 43.4 Å². The van der Waals surface area contributed by atoms with E-state index in [0.717, 1.165) is 57.8 Å². The Labute approximate surface area is 163 Å². The Morgan fingerprint density at radius 2 is 1.22 bits per heavy atom. The van der Waals surface area contributed by atoms with Crippen LogP contribution in [0.15, 0.2) is 0 Å². The summed E-state index contributed by atoms with van der Waals surface area (Å²) in [6.45, 7) is 4.47. The number of esters is 2. The summed E-state index contributed by atoms with van der Waals surface area (Å²) < 4.78 is 41.9. The minimum atomic E-state index is -4.73. The van der Waals surface area contributed by atoms with E-state index in [4.69, 9.17) is 9.47 Å². The molecule has 1 unspecified atom stereocenters. The Kier molecular flexibility index (Phi) is 15.2. The topological polar surface area (TPSA) is 107 Å². The maximum Gasteiger partial charge on any atom is 0.327 e. The van der Waals surface area contributed by atoms with Crippen molar-refractivity contribution in [2.45, 2.75) is 96.1 Å². The van der Waals surface area contributed by atoms with Gasteiger partial charge in [0.25, 0.3) is 10.1 Å². The van der Waals surface area contributed by atoms with E-state index in [-0.39, 0.29) is 13.2 Å². The van der Waals surface area contributed by atoms with Crippen molar-refractivity contribution in [3.05, 3.63) is 0 Å². The highest BCUT2D eigenvalue weighted by atomic mass is 32.2. The third-order valence-corrected chi connectivity index (χ3v) is 5.31. The molecule has 0 saturated carbocycles. The smallest absolute Gasteiger partial charge is 0.327 e. The number of ether oxygens (including phenoxy) is 2. The quantitative estimate of drug-likeness (QED) is 0.220. The summed E-state index contributed by atoms with van der Waals surface area (Å²) in [5.41, 5.74) is 0. The summed E-state index contributed by atoms with van der Waals surface area (Å²) in [4.78, 5) is 23.7. The van der Waals surface area contributed by atoms with E-state index in [1.807, 2.05) is 0 Å². The number of carbonyl (C=O) groups excluding carboxylic acids is 2. The first-order valence-corrected chi connectivity index (χ1v) is 11.6. The molecule has 27 heavy (non-hydrogen) atoms. The highest BCUT2D eigenvalue weighted by Gasteiger charge is 2.35. The maximum atomic E-state index is 11.9. The van der Waals surface area contributed by atoms with Crippen LogP contribution < -0.4 is 0 Å². The lowest BCUT2D eigenvalue weighted by Gasteiger charge is -2.13. The number of unbranched alkanes of at least 4 members (excludes halogenated alkanes) is 9. The summed E-state index contributed by atoms with van der Waals surface area (Å²) in [6, 6.07) is 0. The SMILES string of the molecule is CCCCCCCCOC(=O)C(CC(=O)OCCCCCCC)S(=O)(=O)O. The minimum Gasteiger partial charge on any atom is -0.466 e. The molecule has 0 bridgehead atoms. The van der Waals surface area contributed by atoms with Gasteiger partial charge < -0.3 is 9.47 Å². The molecule has 8 heteroatoms. The fourth-order valence-corrected chi connectivity index (χ4v) is 3.22. The Bertz CT molecular complexity index is 502. The van der Waals surface area contributed by atoms with Crippen molar-refractivity contribution in [2.24, 2.45) is 0 Å². The molecule has 0 aromatic rings. The van der Waals surface area contributed by atoms with Crippen LogP contribution in [0, 0.1) is 0 Å². The van der Waals surface area contributed by atoms with Gasteiger partial charge >= 0.3 is 11.9 Å². The number of rotatable bonds is 17. The number of hydrogen-bond donors (Lipinski definition) is 1. The van der Waals surface area contributed by atoms with E-state index in [0.29, 0.717) is 12.8 Å². The van der Waals surface area contributed by atoms with Crippen molar-refractivity contribution in [1.82, 2.24) is 0 Å². The Balaban J connectivity index is 4.19. The molecule has 0 amide bonds. The lowest BCUT2D eigenvalue weighted by molar-refractivity contribution is -0.150. The predicted molar refractivity (Wildman–Crippen MR) is 104 cm³/mol. The molecule has 0 rings (SSSR count). The fraction of sp³-hybridized carbons (Fsp3) is 0.895. The molecule has 0 heterocycles. The first-order chi connectivity index (χ1) is 12.8. The average Bonchev–Trinajstić information content (AvgIpc) is 2.60. The van der Waals surface area contributed by atoms with E-state index in [9.17, 15) is 22.6 Å². The van der Waals surface area contributed by atoms with Gasteiger partial charge in [-0.05, 0) is 12.8 Å². The molecular weight excluding hydrogens is 372 g/mol. The molecule has 0 aromatic carbocycles. The lowest BCUT2D eigenvalue weighted by atomic mass is 10.1. The van der Waals surface area contributed by atoms with Gasteiger partial charge in [-0.2, -0.15) is 8.42 Å². The second-order valence-corrected chi connectivity index (χ2v) is 8.38. The van der Waals surface area contributed by atoms with Gasteiger partial charge in [0.1, 0.15) is 0 Å². The van der Waals surface area contributed by atoms with Crippen molar-refractivity contribution < 1.29 is 32.0 Å². The maximum absolute atomic E-state index is 11.9. The van der Waals surface area contributed by atoms with Crippen molar-refractivity contribution >= 4 is 22.1 Å². The van der Waals surface area contributed by atoms with Gasteiger partial charge in [-0.3, -0.25) is 14.1 Å². The monoisotopic (exact) mass is 408 g/mol. The van der Waals surface area contributed by atoms with Crippen molar-refractivity contribution in [1.29, 1.82) is 0 Å². The third-order valence-electron chi connectivity index (χ3n) is 4.23. The highest BCUT2D eigenvalue weighted by Crippen LogP contribution is 2.11. The largest absolute Gasteiger partial charge is 0.466 e. The zero-order valence-electron chi connectivity index (χ0n) is 16.8. The van der Waals surface area contributed by atoms with E-state index in [1.165, 1.54) is 0 Å². The highest BCUT2D eigenvalue weighted by molar-refractivity contribution is 7.87. The van der Waals surface area contributed by atoms with Crippen LogP contribution in [0.3, 0.4) is 0 Å². The molecule has 1 N–H and O–H groups in total. The molecule has 0 spiro atoms. The zero-order chi connectivity index (χ0) is 20.5. The van der Waals surface area contributed by atoms with Crippen LogP contribution in [0.5, 0.6) is 0 Å². The predicted octanol–water partition coefficient (Wildman–Crippen LogP) is 4.05. The standard InChI is InChI=1S/C19H36O7S/c1-3-5-7-9-11-13-15-26-19(21)17(27(22,23)24)16-18(20)25-14-12-10-8-6-4-2/h17H,3-16H2,1-2H3,(H,22,23,24). The van der Waals surface area contributed by atoms with Crippen LogP contribution in [0.2, 0.25) is 0 Å². The van der Waals surface area contributed by atoms with Crippen molar-refractivity contribution in [3.8, 4) is 0 Å². The molecule has 1 atom stereocenters. The summed E-state index contributed by atoms with van der Waals surface area (Å²) in [6.07, 6.45) is 10.1.